The molecule has 0 aromatic heterocycles. The SMILES string of the molecule is CCCCCCCCC[C@@H]1[C@H](O)[C@@H](O)[C@H](O)[C@H]2COC(=O)N12. The van der Waals surface area contributed by atoms with Gasteiger partial charge in [-0.05, 0) is 6.42 Å². The Morgan fingerprint density at radius 3 is 2.32 bits per heavy atom. The molecule has 6 nitrogen and oxygen atoms in total. The average Bonchev–Trinajstić information content (AvgIpc) is 2.89. The van der Waals surface area contributed by atoms with Gasteiger partial charge in [-0.15, -0.1) is 0 Å². The summed E-state index contributed by atoms with van der Waals surface area (Å²) >= 11 is 0. The summed E-state index contributed by atoms with van der Waals surface area (Å²) in [5.74, 6) is 0. The second-order valence-electron chi connectivity index (χ2n) is 6.50. The van der Waals surface area contributed by atoms with Crippen molar-refractivity contribution in [3.8, 4) is 0 Å². The van der Waals surface area contributed by atoms with Crippen LogP contribution >= 0.6 is 0 Å². The van der Waals surface area contributed by atoms with Crippen molar-refractivity contribution in [3.05, 3.63) is 0 Å². The van der Waals surface area contributed by atoms with Crippen molar-refractivity contribution < 1.29 is 24.9 Å². The molecule has 0 aliphatic carbocycles. The van der Waals surface area contributed by atoms with E-state index in [0.717, 1.165) is 19.3 Å². The summed E-state index contributed by atoms with van der Waals surface area (Å²) in [4.78, 5) is 13.3. The number of unbranched alkanes of at least 4 members (excludes halogenated alkanes) is 6. The molecule has 128 valence electrons. The molecule has 2 rings (SSSR count). The minimum Gasteiger partial charge on any atom is -0.447 e. The lowest BCUT2D eigenvalue weighted by atomic mass is 9.86. The molecule has 2 saturated heterocycles. The third kappa shape index (κ3) is 3.73. The minimum absolute atomic E-state index is 0.0807. The van der Waals surface area contributed by atoms with Gasteiger partial charge in [0.15, 0.2) is 0 Å². The van der Waals surface area contributed by atoms with Gasteiger partial charge in [-0.3, -0.25) is 4.90 Å². The third-order valence-electron chi connectivity index (χ3n) is 4.89. The molecule has 0 unspecified atom stereocenters. The van der Waals surface area contributed by atoms with E-state index in [2.05, 4.69) is 6.92 Å². The lowest BCUT2D eigenvalue weighted by Crippen LogP contribution is -2.65. The molecule has 3 N–H and O–H groups in total. The van der Waals surface area contributed by atoms with Crippen molar-refractivity contribution in [2.24, 2.45) is 0 Å². The van der Waals surface area contributed by atoms with Crippen molar-refractivity contribution in [1.29, 1.82) is 0 Å². The van der Waals surface area contributed by atoms with Crippen molar-refractivity contribution in [1.82, 2.24) is 4.90 Å². The highest BCUT2D eigenvalue weighted by atomic mass is 16.6. The van der Waals surface area contributed by atoms with Gasteiger partial charge >= 0.3 is 6.09 Å². The molecule has 6 heteroatoms. The lowest BCUT2D eigenvalue weighted by Gasteiger charge is -2.44. The van der Waals surface area contributed by atoms with Crippen LogP contribution in [0.25, 0.3) is 0 Å². The van der Waals surface area contributed by atoms with E-state index in [9.17, 15) is 20.1 Å². The van der Waals surface area contributed by atoms with Crippen molar-refractivity contribution in [3.63, 3.8) is 0 Å². The molecule has 2 heterocycles. The summed E-state index contributed by atoms with van der Waals surface area (Å²) in [6.45, 7) is 2.27. The molecule has 0 aromatic rings. The second kappa shape index (κ2) is 8.13. The first-order valence-electron chi connectivity index (χ1n) is 8.57. The van der Waals surface area contributed by atoms with Crippen LogP contribution in [0.4, 0.5) is 4.79 Å². The Morgan fingerprint density at radius 2 is 1.64 bits per heavy atom. The molecule has 0 radical (unpaired) electrons. The van der Waals surface area contributed by atoms with Gasteiger partial charge in [-0.2, -0.15) is 0 Å². The predicted molar refractivity (Wildman–Crippen MR) is 81.4 cm³/mol. The molecule has 5 atom stereocenters. The van der Waals surface area contributed by atoms with E-state index in [-0.39, 0.29) is 6.61 Å². The van der Waals surface area contributed by atoms with E-state index in [0.29, 0.717) is 6.42 Å². The summed E-state index contributed by atoms with van der Waals surface area (Å²) in [6.07, 6.45) is 4.74. The summed E-state index contributed by atoms with van der Waals surface area (Å²) in [6, 6.07) is -1.01. The number of hydrogen-bond acceptors (Lipinski definition) is 5. The van der Waals surface area contributed by atoms with E-state index in [4.69, 9.17) is 4.74 Å². The molecule has 0 bridgehead atoms. The van der Waals surface area contributed by atoms with Crippen LogP contribution in [-0.2, 0) is 4.74 Å². The topological polar surface area (TPSA) is 90.2 Å². The summed E-state index contributed by atoms with van der Waals surface area (Å²) < 4.78 is 4.97. The highest BCUT2D eigenvalue weighted by molar-refractivity contribution is 5.71. The highest BCUT2D eigenvalue weighted by Crippen LogP contribution is 2.32. The minimum atomic E-state index is -1.22. The maximum atomic E-state index is 11.8. The van der Waals surface area contributed by atoms with Crippen molar-refractivity contribution in [2.75, 3.05) is 6.61 Å². The first-order chi connectivity index (χ1) is 10.6. The van der Waals surface area contributed by atoms with Gasteiger partial charge in [0.25, 0.3) is 0 Å². The van der Waals surface area contributed by atoms with Crippen LogP contribution in [0.3, 0.4) is 0 Å². The van der Waals surface area contributed by atoms with Crippen LogP contribution in [0.5, 0.6) is 0 Å². The first-order valence-corrected chi connectivity index (χ1v) is 8.57. The van der Waals surface area contributed by atoms with E-state index in [1.165, 1.54) is 30.6 Å². The quantitative estimate of drug-likeness (QED) is 0.589. The number of piperidine rings is 1. The Labute approximate surface area is 132 Å². The number of aliphatic hydroxyl groups excluding tert-OH is 3. The molecular formula is C16H29NO5. The standard InChI is InChI=1S/C16H29NO5/c1-2-3-4-5-6-7-8-9-11-13(18)15(20)14(19)12-10-22-16(21)17(11)12/h11-15,18-20H,2-10H2,1H3/t11-,12-,13+,14-,15-/m1/s1. The van der Waals surface area contributed by atoms with Crippen LogP contribution in [0.15, 0.2) is 0 Å². The van der Waals surface area contributed by atoms with Gasteiger partial charge in [0, 0.05) is 0 Å². The monoisotopic (exact) mass is 315 g/mol. The molecule has 0 spiro atoms. The lowest BCUT2D eigenvalue weighted by molar-refractivity contribution is -0.143. The molecule has 2 fully saturated rings. The van der Waals surface area contributed by atoms with E-state index >= 15 is 0 Å². The van der Waals surface area contributed by atoms with E-state index in [1.54, 1.807) is 0 Å². The number of aliphatic hydroxyl groups is 3. The number of cyclic esters (lactones) is 1. The molecule has 0 saturated carbocycles. The number of carbonyl (C=O) groups excluding carboxylic acids is 1. The zero-order valence-corrected chi connectivity index (χ0v) is 13.4. The van der Waals surface area contributed by atoms with Crippen LogP contribution in [0, 0.1) is 0 Å². The molecule has 2 aliphatic rings. The van der Waals surface area contributed by atoms with Crippen LogP contribution in [-0.4, -0.2) is 63.3 Å². The van der Waals surface area contributed by atoms with Crippen LogP contribution < -0.4 is 0 Å². The molecule has 22 heavy (non-hydrogen) atoms. The van der Waals surface area contributed by atoms with E-state index < -0.39 is 36.5 Å². The van der Waals surface area contributed by atoms with Crippen molar-refractivity contribution >= 4 is 6.09 Å². The van der Waals surface area contributed by atoms with Gasteiger partial charge in [0.2, 0.25) is 0 Å². The van der Waals surface area contributed by atoms with Gasteiger partial charge in [-0.1, -0.05) is 51.9 Å². The smallest absolute Gasteiger partial charge is 0.410 e. The fraction of sp³-hybridized carbons (Fsp3) is 0.938. The van der Waals surface area contributed by atoms with Crippen LogP contribution in [0.2, 0.25) is 0 Å². The zero-order chi connectivity index (χ0) is 16.1. The number of carbonyl (C=O) groups is 1. The second-order valence-corrected chi connectivity index (χ2v) is 6.50. The number of hydrogen-bond donors (Lipinski definition) is 3. The fourth-order valence-corrected chi connectivity index (χ4v) is 3.53. The number of fused-ring (bicyclic) bond motifs is 1. The number of rotatable bonds is 8. The highest BCUT2D eigenvalue weighted by Gasteiger charge is 2.53. The number of amides is 1. The number of ether oxygens (including phenoxy) is 1. The van der Waals surface area contributed by atoms with Gasteiger partial charge < -0.3 is 20.1 Å². The fourth-order valence-electron chi connectivity index (χ4n) is 3.53. The zero-order valence-electron chi connectivity index (χ0n) is 13.4. The van der Waals surface area contributed by atoms with Gasteiger partial charge in [-0.25, -0.2) is 4.79 Å². The maximum Gasteiger partial charge on any atom is 0.410 e. The molecular weight excluding hydrogens is 286 g/mol. The Morgan fingerprint density at radius 1 is 1.00 bits per heavy atom. The normalized spacial score (nSPS) is 34.6. The largest absolute Gasteiger partial charge is 0.447 e. The first kappa shape index (κ1) is 17.5. The Hall–Kier alpha value is -0.850. The molecule has 1 amide bonds. The summed E-state index contributed by atoms with van der Waals surface area (Å²) in [5.41, 5.74) is 0. The molecule has 0 aromatic carbocycles. The Balaban J connectivity index is 1.81. The predicted octanol–water partition coefficient (Wildman–Crippen LogP) is 1.41. The van der Waals surface area contributed by atoms with E-state index in [1.807, 2.05) is 0 Å². The average molecular weight is 315 g/mol. The Kier molecular flexibility index (Phi) is 6.47. The summed E-state index contributed by atoms with van der Waals surface area (Å²) in [7, 11) is 0. The number of nitrogens with zero attached hydrogens (tertiary/aromatic N) is 1. The molecule has 2 aliphatic heterocycles. The maximum absolute atomic E-state index is 11.8. The Bertz CT molecular complexity index is 364. The van der Waals surface area contributed by atoms with Gasteiger partial charge in [0.05, 0.1) is 12.1 Å². The van der Waals surface area contributed by atoms with Crippen molar-refractivity contribution in [2.45, 2.75) is 88.7 Å². The van der Waals surface area contributed by atoms with Gasteiger partial charge in [0.1, 0.15) is 24.9 Å². The summed E-state index contributed by atoms with van der Waals surface area (Å²) in [5, 5.41) is 30.1. The van der Waals surface area contributed by atoms with Crippen LogP contribution in [0.1, 0.15) is 58.3 Å². The third-order valence-corrected chi connectivity index (χ3v) is 4.89.